The Morgan fingerprint density at radius 2 is 2.29 bits per heavy atom. The molecule has 0 aliphatic carbocycles. The fraction of sp³-hybridized carbons (Fsp3) is 0.294. The van der Waals surface area contributed by atoms with Crippen molar-refractivity contribution in [2.24, 2.45) is 5.92 Å². The quantitative estimate of drug-likeness (QED) is 0.555. The number of nitrogens with one attached hydrogen (secondary N) is 2. The van der Waals surface area contributed by atoms with Crippen LogP contribution in [0.15, 0.2) is 24.5 Å². The van der Waals surface area contributed by atoms with E-state index in [0.29, 0.717) is 17.5 Å². The van der Waals surface area contributed by atoms with Gasteiger partial charge in [0.1, 0.15) is 12.2 Å². The lowest BCUT2D eigenvalue weighted by Gasteiger charge is -2.12. The molecule has 1 aliphatic rings. The fourth-order valence-electron chi connectivity index (χ4n) is 2.83. The van der Waals surface area contributed by atoms with Crippen LogP contribution in [0.5, 0.6) is 0 Å². The number of fused-ring (bicyclic) bond motifs is 1. The number of aromatic amines is 1. The van der Waals surface area contributed by atoms with Gasteiger partial charge in [0.15, 0.2) is 5.13 Å². The van der Waals surface area contributed by atoms with Crippen molar-refractivity contribution in [2.45, 2.75) is 19.9 Å². The molecule has 0 saturated carbocycles. The molecule has 4 rings (SSSR count). The largest absolute Gasteiger partial charge is 0.483 e. The monoisotopic (exact) mass is 402 g/mol. The molecule has 10 nitrogen and oxygen atoms in total. The summed E-state index contributed by atoms with van der Waals surface area (Å²) in [5, 5.41) is 16.7. The molecule has 11 heteroatoms. The van der Waals surface area contributed by atoms with Gasteiger partial charge in [-0.1, -0.05) is 17.4 Å². The van der Waals surface area contributed by atoms with Crippen LogP contribution in [0.2, 0.25) is 0 Å². The van der Waals surface area contributed by atoms with E-state index in [4.69, 9.17) is 9.90 Å². The van der Waals surface area contributed by atoms with Gasteiger partial charge in [-0.25, -0.2) is 9.97 Å². The Morgan fingerprint density at radius 1 is 1.50 bits per heavy atom. The molecular weight excluding hydrogens is 384 g/mol. The van der Waals surface area contributed by atoms with E-state index in [0.717, 1.165) is 15.8 Å². The molecule has 0 spiro atoms. The number of hydrogen-bond acceptors (Lipinski definition) is 7. The smallest absolute Gasteiger partial charge is 0.290 e. The van der Waals surface area contributed by atoms with Crippen LogP contribution >= 0.6 is 11.3 Å². The molecule has 0 radical (unpaired) electrons. The number of aryl methyl sites for hydroxylation is 1. The second kappa shape index (κ2) is 8.57. The lowest BCUT2D eigenvalue weighted by atomic mass is 10.1. The average Bonchev–Trinajstić information content (AvgIpc) is 3.39. The number of H-pyrrole nitrogens is 1. The third-order valence-corrected chi connectivity index (χ3v) is 5.20. The van der Waals surface area contributed by atoms with Crippen molar-refractivity contribution in [2.75, 3.05) is 11.4 Å². The molecular formula is C17H18N6O4S. The molecule has 28 heavy (non-hydrogen) atoms. The Labute approximate surface area is 163 Å². The summed E-state index contributed by atoms with van der Waals surface area (Å²) < 4.78 is 1.04. The van der Waals surface area contributed by atoms with Gasteiger partial charge in [-0.15, -0.1) is 0 Å². The first-order valence-corrected chi connectivity index (χ1v) is 9.21. The number of thiazole rings is 1. The number of amides is 2. The number of aromatic nitrogens is 4. The zero-order valence-corrected chi connectivity index (χ0v) is 15.8. The summed E-state index contributed by atoms with van der Waals surface area (Å²) >= 11 is 1.48. The van der Waals surface area contributed by atoms with Crippen molar-refractivity contribution >= 4 is 45.0 Å². The van der Waals surface area contributed by atoms with E-state index in [-0.39, 0.29) is 37.2 Å². The standard InChI is InChI=1S/C16H16N6O2S.CH2O2/c1-9-2-3-11-12(4-9)25-16(20-11)22-7-10(5-14(22)23)15(24)17-6-13-18-8-19-21-13;2-1-3/h2-4,8,10H,5-7H2,1H3,(H,17,24)(H,18,19,21);1H,(H,2,3). The maximum Gasteiger partial charge on any atom is 0.290 e. The van der Waals surface area contributed by atoms with Gasteiger partial charge >= 0.3 is 0 Å². The number of benzene rings is 1. The normalized spacial score (nSPS) is 16.0. The number of carboxylic acid groups (broad SMARTS) is 1. The molecule has 2 aromatic heterocycles. The van der Waals surface area contributed by atoms with Crippen LogP contribution in [0, 0.1) is 12.8 Å². The molecule has 1 atom stereocenters. The Bertz CT molecular complexity index is 987. The lowest BCUT2D eigenvalue weighted by Crippen LogP contribution is -2.32. The molecule has 1 aliphatic heterocycles. The summed E-state index contributed by atoms with van der Waals surface area (Å²) in [6.45, 7) is 2.39. The Kier molecular flexibility index (Phi) is 5.94. The topological polar surface area (TPSA) is 141 Å². The maximum absolute atomic E-state index is 12.4. The molecule has 3 heterocycles. The second-order valence-electron chi connectivity index (χ2n) is 6.13. The summed E-state index contributed by atoms with van der Waals surface area (Å²) in [6.07, 6.45) is 1.58. The lowest BCUT2D eigenvalue weighted by molar-refractivity contribution is -0.126. The minimum Gasteiger partial charge on any atom is -0.483 e. The summed E-state index contributed by atoms with van der Waals surface area (Å²) in [5.41, 5.74) is 2.02. The Balaban J connectivity index is 0.000000706. The van der Waals surface area contributed by atoms with Gasteiger partial charge in [0.2, 0.25) is 11.8 Å². The van der Waals surface area contributed by atoms with Crippen LogP contribution in [0.3, 0.4) is 0 Å². The molecule has 1 fully saturated rings. The summed E-state index contributed by atoms with van der Waals surface area (Å²) in [6, 6.07) is 6.00. The maximum atomic E-state index is 12.4. The van der Waals surface area contributed by atoms with Gasteiger partial charge in [0, 0.05) is 13.0 Å². The van der Waals surface area contributed by atoms with Crippen molar-refractivity contribution in [3.8, 4) is 0 Å². The van der Waals surface area contributed by atoms with Crippen molar-refractivity contribution in [1.82, 2.24) is 25.5 Å². The van der Waals surface area contributed by atoms with E-state index in [1.807, 2.05) is 19.1 Å². The second-order valence-corrected chi connectivity index (χ2v) is 7.14. The number of rotatable bonds is 4. The number of nitrogens with zero attached hydrogens (tertiary/aromatic N) is 4. The van der Waals surface area contributed by atoms with Crippen LogP contribution < -0.4 is 10.2 Å². The first-order valence-electron chi connectivity index (χ1n) is 8.39. The minimum atomic E-state index is -0.385. The molecule has 0 bridgehead atoms. The van der Waals surface area contributed by atoms with Crippen LogP contribution in [0.25, 0.3) is 10.2 Å². The van der Waals surface area contributed by atoms with Crippen LogP contribution in [0.1, 0.15) is 17.8 Å². The third-order valence-electron chi connectivity index (χ3n) is 4.15. The molecule has 2 amide bonds. The van der Waals surface area contributed by atoms with Gasteiger partial charge < -0.3 is 10.4 Å². The average molecular weight is 402 g/mol. The van der Waals surface area contributed by atoms with Crippen LogP contribution in [-0.4, -0.2) is 50.1 Å². The van der Waals surface area contributed by atoms with E-state index >= 15 is 0 Å². The van der Waals surface area contributed by atoms with Crippen LogP contribution in [0.4, 0.5) is 5.13 Å². The predicted molar refractivity (Wildman–Crippen MR) is 102 cm³/mol. The number of carbonyl (C=O) groups is 3. The number of anilines is 1. The highest BCUT2D eigenvalue weighted by molar-refractivity contribution is 7.22. The summed E-state index contributed by atoms with van der Waals surface area (Å²) in [5.74, 6) is -0.0416. The molecule has 1 aromatic carbocycles. The fourth-order valence-corrected chi connectivity index (χ4v) is 3.92. The molecule has 1 unspecified atom stereocenters. The zero-order chi connectivity index (χ0) is 20.1. The van der Waals surface area contributed by atoms with Crippen LogP contribution in [-0.2, 0) is 20.9 Å². The number of hydrogen-bond donors (Lipinski definition) is 3. The first-order chi connectivity index (χ1) is 13.5. The van der Waals surface area contributed by atoms with E-state index in [2.05, 4.69) is 31.5 Å². The van der Waals surface area contributed by atoms with Gasteiger partial charge in [-0.05, 0) is 24.6 Å². The number of carbonyl (C=O) groups excluding carboxylic acids is 2. The summed E-state index contributed by atoms with van der Waals surface area (Å²) in [7, 11) is 0. The molecule has 3 aromatic rings. The molecule has 1 saturated heterocycles. The Morgan fingerprint density at radius 3 is 3.00 bits per heavy atom. The van der Waals surface area contributed by atoms with Crippen molar-refractivity contribution < 1.29 is 19.5 Å². The highest BCUT2D eigenvalue weighted by Gasteiger charge is 2.36. The molecule has 3 N–H and O–H groups in total. The van der Waals surface area contributed by atoms with E-state index in [9.17, 15) is 9.59 Å². The van der Waals surface area contributed by atoms with Gasteiger partial charge in [-0.3, -0.25) is 24.4 Å². The van der Waals surface area contributed by atoms with E-state index in [1.165, 1.54) is 17.7 Å². The zero-order valence-electron chi connectivity index (χ0n) is 15.0. The minimum absolute atomic E-state index is 0.0735. The first kappa shape index (κ1) is 19.4. The van der Waals surface area contributed by atoms with Crippen molar-refractivity contribution in [1.29, 1.82) is 0 Å². The van der Waals surface area contributed by atoms with Gasteiger partial charge in [0.25, 0.3) is 6.47 Å². The predicted octanol–water partition coefficient (Wildman–Crippen LogP) is 1.09. The van der Waals surface area contributed by atoms with Gasteiger partial charge in [-0.2, -0.15) is 5.10 Å². The SMILES string of the molecule is Cc1ccc2nc(N3CC(C(=O)NCc4ncn[nH]4)CC3=O)sc2c1.O=CO. The van der Waals surface area contributed by atoms with E-state index in [1.54, 1.807) is 4.90 Å². The third kappa shape index (κ3) is 4.31. The summed E-state index contributed by atoms with van der Waals surface area (Å²) in [4.78, 5) is 43.1. The molecule has 146 valence electrons. The van der Waals surface area contributed by atoms with Crippen molar-refractivity contribution in [3.05, 3.63) is 35.9 Å². The van der Waals surface area contributed by atoms with Gasteiger partial charge in [0.05, 0.1) is 22.7 Å². The van der Waals surface area contributed by atoms with Crippen molar-refractivity contribution in [3.63, 3.8) is 0 Å². The highest BCUT2D eigenvalue weighted by Crippen LogP contribution is 2.33. The highest BCUT2D eigenvalue weighted by atomic mass is 32.1. The van der Waals surface area contributed by atoms with E-state index < -0.39 is 0 Å². The Hall–Kier alpha value is -3.34.